The number of anilines is 1. The number of hydrogen-bond donors (Lipinski definition) is 2. The zero-order valence-electron chi connectivity index (χ0n) is 10.4. The predicted octanol–water partition coefficient (Wildman–Crippen LogP) is 2.62. The first-order valence-electron chi connectivity index (χ1n) is 6.11. The molecule has 4 heteroatoms. The van der Waals surface area contributed by atoms with Gasteiger partial charge in [-0.1, -0.05) is 18.6 Å². The summed E-state index contributed by atoms with van der Waals surface area (Å²) >= 11 is 5.10. The van der Waals surface area contributed by atoms with Gasteiger partial charge in [-0.3, -0.25) is 0 Å². The number of nitrogens with two attached hydrogens (primary N) is 1. The van der Waals surface area contributed by atoms with Gasteiger partial charge in [-0.2, -0.15) is 0 Å². The summed E-state index contributed by atoms with van der Waals surface area (Å²) in [5.74, 6) is 1.59. The quantitative estimate of drug-likeness (QED) is 0.805. The van der Waals surface area contributed by atoms with E-state index < -0.39 is 0 Å². The van der Waals surface area contributed by atoms with Crippen LogP contribution in [-0.2, 0) is 0 Å². The first-order valence-corrected chi connectivity index (χ1v) is 6.52. The SMILES string of the molecule is Cc1ccnc(NC(C)C2CCC2)c1C(N)=S. The van der Waals surface area contributed by atoms with Crippen molar-refractivity contribution in [2.45, 2.75) is 39.2 Å². The van der Waals surface area contributed by atoms with Crippen molar-refractivity contribution in [2.24, 2.45) is 11.7 Å². The molecule has 0 bridgehead atoms. The molecule has 1 unspecified atom stereocenters. The van der Waals surface area contributed by atoms with Crippen LogP contribution in [0, 0.1) is 12.8 Å². The van der Waals surface area contributed by atoms with Crippen LogP contribution in [0.5, 0.6) is 0 Å². The maximum Gasteiger partial charge on any atom is 0.136 e. The summed E-state index contributed by atoms with van der Waals surface area (Å²) in [6.45, 7) is 4.21. The van der Waals surface area contributed by atoms with Gasteiger partial charge in [-0.05, 0) is 44.2 Å². The van der Waals surface area contributed by atoms with Crippen LogP contribution < -0.4 is 11.1 Å². The van der Waals surface area contributed by atoms with Crippen molar-refractivity contribution in [3.05, 3.63) is 23.4 Å². The fourth-order valence-corrected chi connectivity index (χ4v) is 2.51. The molecule has 0 aliphatic heterocycles. The summed E-state index contributed by atoms with van der Waals surface area (Å²) in [5, 5.41) is 3.46. The third-order valence-corrected chi connectivity index (χ3v) is 3.83. The highest BCUT2D eigenvalue weighted by Crippen LogP contribution is 2.31. The monoisotopic (exact) mass is 249 g/mol. The highest BCUT2D eigenvalue weighted by atomic mass is 32.1. The first kappa shape index (κ1) is 12.3. The molecule has 0 amide bonds. The summed E-state index contributed by atoms with van der Waals surface area (Å²) in [5.41, 5.74) is 7.73. The van der Waals surface area contributed by atoms with Crippen LogP contribution in [0.4, 0.5) is 5.82 Å². The molecule has 1 aliphatic rings. The van der Waals surface area contributed by atoms with Crippen LogP contribution in [0.3, 0.4) is 0 Å². The van der Waals surface area contributed by atoms with E-state index in [1.165, 1.54) is 19.3 Å². The van der Waals surface area contributed by atoms with E-state index in [4.69, 9.17) is 18.0 Å². The van der Waals surface area contributed by atoms with Crippen molar-refractivity contribution in [1.82, 2.24) is 4.98 Å². The van der Waals surface area contributed by atoms with Gasteiger partial charge in [0.25, 0.3) is 0 Å². The van der Waals surface area contributed by atoms with E-state index >= 15 is 0 Å². The zero-order chi connectivity index (χ0) is 12.4. The molecule has 2 rings (SSSR count). The van der Waals surface area contributed by atoms with Gasteiger partial charge in [-0.25, -0.2) is 4.98 Å². The molecule has 0 aromatic carbocycles. The van der Waals surface area contributed by atoms with Crippen molar-refractivity contribution >= 4 is 23.0 Å². The second-order valence-electron chi connectivity index (χ2n) is 4.84. The third-order valence-electron chi connectivity index (χ3n) is 3.63. The molecular formula is C13H19N3S. The molecule has 3 nitrogen and oxygen atoms in total. The Labute approximate surface area is 108 Å². The maximum absolute atomic E-state index is 5.77. The number of rotatable bonds is 4. The van der Waals surface area contributed by atoms with Crippen LogP contribution >= 0.6 is 12.2 Å². The summed E-state index contributed by atoms with van der Waals surface area (Å²) in [7, 11) is 0. The van der Waals surface area contributed by atoms with Crippen molar-refractivity contribution in [3.8, 4) is 0 Å². The Morgan fingerprint density at radius 1 is 1.59 bits per heavy atom. The topological polar surface area (TPSA) is 50.9 Å². The van der Waals surface area contributed by atoms with E-state index in [1.54, 1.807) is 6.20 Å². The summed E-state index contributed by atoms with van der Waals surface area (Å²) in [6.07, 6.45) is 5.76. The van der Waals surface area contributed by atoms with Gasteiger partial charge in [-0.15, -0.1) is 0 Å². The lowest BCUT2D eigenvalue weighted by Gasteiger charge is -2.32. The van der Waals surface area contributed by atoms with E-state index in [1.807, 2.05) is 13.0 Å². The zero-order valence-corrected chi connectivity index (χ0v) is 11.2. The minimum absolute atomic E-state index is 0.416. The molecule has 1 aromatic rings. The number of aryl methyl sites for hydroxylation is 1. The van der Waals surface area contributed by atoms with E-state index in [-0.39, 0.29) is 0 Å². The van der Waals surface area contributed by atoms with Crippen molar-refractivity contribution < 1.29 is 0 Å². The Kier molecular flexibility index (Phi) is 3.62. The van der Waals surface area contributed by atoms with E-state index in [9.17, 15) is 0 Å². The van der Waals surface area contributed by atoms with Crippen LogP contribution in [-0.4, -0.2) is 16.0 Å². The van der Waals surface area contributed by atoms with E-state index in [0.717, 1.165) is 22.9 Å². The summed E-state index contributed by atoms with van der Waals surface area (Å²) in [6, 6.07) is 2.37. The molecule has 0 radical (unpaired) electrons. The van der Waals surface area contributed by atoms with Crippen molar-refractivity contribution in [1.29, 1.82) is 0 Å². The standard InChI is InChI=1S/C13H19N3S/c1-8-6-7-15-13(11(8)12(14)17)16-9(2)10-4-3-5-10/h6-7,9-10H,3-5H2,1-2H3,(H2,14,17)(H,15,16). The van der Waals surface area contributed by atoms with Crippen LogP contribution in [0.25, 0.3) is 0 Å². The molecule has 1 fully saturated rings. The Hall–Kier alpha value is -1.16. The lowest BCUT2D eigenvalue weighted by molar-refractivity contribution is 0.285. The van der Waals surface area contributed by atoms with Crippen LogP contribution in [0.15, 0.2) is 12.3 Å². The Balaban J connectivity index is 2.19. The van der Waals surface area contributed by atoms with Gasteiger partial charge < -0.3 is 11.1 Å². The number of pyridine rings is 1. The second kappa shape index (κ2) is 5.00. The number of nitrogens with one attached hydrogen (secondary N) is 1. The minimum Gasteiger partial charge on any atom is -0.389 e. The van der Waals surface area contributed by atoms with Crippen molar-refractivity contribution in [3.63, 3.8) is 0 Å². The molecule has 92 valence electrons. The maximum atomic E-state index is 5.77. The largest absolute Gasteiger partial charge is 0.389 e. The molecule has 0 saturated heterocycles. The van der Waals surface area contributed by atoms with Crippen LogP contribution in [0.2, 0.25) is 0 Å². The highest BCUT2D eigenvalue weighted by molar-refractivity contribution is 7.80. The van der Waals surface area contributed by atoms with Crippen LogP contribution in [0.1, 0.15) is 37.3 Å². The van der Waals surface area contributed by atoms with Gasteiger partial charge in [0.05, 0.1) is 5.56 Å². The lowest BCUT2D eigenvalue weighted by Crippen LogP contribution is -2.32. The molecule has 17 heavy (non-hydrogen) atoms. The number of nitrogens with zero attached hydrogens (tertiary/aromatic N) is 1. The average molecular weight is 249 g/mol. The summed E-state index contributed by atoms with van der Waals surface area (Å²) in [4.78, 5) is 4.78. The summed E-state index contributed by atoms with van der Waals surface area (Å²) < 4.78 is 0. The van der Waals surface area contributed by atoms with Gasteiger partial charge in [0.2, 0.25) is 0 Å². The van der Waals surface area contributed by atoms with Gasteiger partial charge in [0.15, 0.2) is 0 Å². The number of hydrogen-bond acceptors (Lipinski definition) is 3. The number of thiocarbonyl (C=S) groups is 1. The molecule has 1 saturated carbocycles. The van der Waals surface area contributed by atoms with Gasteiger partial charge in [0, 0.05) is 12.2 Å². The fourth-order valence-electron chi connectivity index (χ4n) is 2.25. The smallest absolute Gasteiger partial charge is 0.136 e. The predicted molar refractivity (Wildman–Crippen MR) is 75.3 cm³/mol. The normalized spacial score (nSPS) is 17.3. The van der Waals surface area contributed by atoms with Crippen molar-refractivity contribution in [2.75, 3.05) is 5.32 Å². The molecule has 1 heterocycles. The molecule has 1 atom stereocenters. The Morgan fingerprint density at radius 3 is 2.82 bits per heavy atom. The van der Waals surface area contributed by atoms with E-state index in [0.29, 0.717) is 11.0 Å². The molecular weight excluding hydrogens is 230 g/mol. The average Bonchev–Trinajstić information content (AvgIpc) is 2.13. The van der Waals surface area contributed by atoms with Gasteiger partial charge >= 0.3 is 0 Å². The fraction of sp³-hybridized carbons (Fsp3) is 0.538. The highest BCUT2D eigenvalue weighted by Gasteiger charge is 2.24. The van der Waals surface area contributed by atoms with E-state index in [2.05, 4.69) is 17.2 Å². The second-order valence-corrected chi connectivity index (χ2v) is 5.28. The Morgan fingerprint density at radius 2 is 2.29 bits per heavy atom. The molecule has 1 aliphatic carbocycles. The molecule has 3 N–H and O–H groups in total. The lowest BCUT2D eigenvalue weighted by atomic mass is 9.80. The molecule has 1 aromatic heterocycles. The minimum atomic E-state index is 0.416. The Bertz CT molecular complexity index is 427. The first-order chi connectivity index (χ1) is 8.09. The number of aromatic nitrogens is 1. The van der Waals surface area contributed by atoms with Gasteiger partial charge in [0.1, 0.15) is 10.8 Å². The third kappa shape index (κ3) is 2.57. The molecule has 0 spiro atoms.